The van der Waals surface area contributed by atoms with Crippen molar-refractivity contribution in [2.45, 2.75) is 58.1 Å². The first kappa shape index (κ1) is 13.9. The number of hydrogen-bond acceptors (Lipinski definition) is 5. The van der Waals surface area contributed by atoms with Gasteiger partial charge in [-0.25, -0.2) is 0 Å². The first-order valence-electron chi connectivity index (χ1n) is 6.97. The summed E-state index contributed by atoms with van der Waals surface area (Å²) >= 11 is 1.73. The van der Waals surface area contributed by atoms with Gasteiger partial charge in [0, 0.05) is 13.0 Å². The maximum Gasteiger partial charge on any atom is 0.134 e. The molecule has 1 aromatic heterocycles. The Morgan fingerprint density at radius 1 is 1.44 bits per heavy atom. The minimum atomic E-state index is 0.312. The number of nitrogens with one attached hydrogen (secondary N) is 1. The number of aryl methyl sites for hydroxylation is 1. The van der Waals surface area contributed by atoms with Crippen molar-refractivity contribution in [1.29, 1.82) is 0 Å². The highest BCUT2D eigenvalue weighted by Gasteiger charge is 2.16. The molecule has 0 amide bonds. The van der Waals surface area contributed by atoms with Gasteiger partial charge in [-0.1, -0.05) is 18.3 Å². The summed E-state index contributed by atoms with van der Waals surface area (Å²) in [5, 5.41) is 14.1. The highest BCUT2D eigenvalue weighted by atomic mass is 32.1. The van der Waals surface area contributed by atoms with E-state index in [1.165, 1.54) is 19.3 Å². The quantitative estimate of drug-likeness (QED) is 0.862. The Bertz CT molecular complexity index is 350. The van der Waals surface area contributed by atoms with Crippen LogP contribution in [0.15, 0.2) is 0 Å². The fraction of sp³-hybridized carbons (Fsp3) is 0.846. The molecular formula is C13H23N3OS. The lowest BCUT2D eigenvalue weighted by Gasteiger charge is -2.21. The molecule has 4 nitrogen and oxygen atoms in total. The van der Waals surface area contributed by atoms with E-state index in [4.69, 9.17) is 4.74 Å². The zero-order valence-corrected chi connectivity index (χ0v) is 12.1. The number of hydrogen-bond donors (Lipinski definition) is 1. The van der Waals surface area contributed by atoms with Gasteiger partial charge in [0.15, 0.2) is 0 Å². The first-order valence-corrected chi connectivity index (χ1v) is 7.78. The minimum Gasteiger partial charge on any atom is -0.378 e. The van der Waals surface area contributed by atoms with Crippen LogP contribution in [0.5, 0.6) is 0 Å². The minimum absolute atomic E-state index is 0.312. The van der Waals surface area contributed by atoms with Crippen LogP contribution in [0.25, 0.3) is 0 Å². The largest absolute Gasteiger partial charge is 0.378 e. The predicted octanol–water partition coefficient (Wildman–Crippen LogP) is 2.71. The molecule has 1 fully saturated rings. The summed E-state index contributed by atoms with van der Waals surface area (Å²) in [7, 11) is 0. The summed E-state index contributed by atoms with van der Waals surface area (Å²) in [6.45, 7) is 6.15. The number of nitrogens with zero attached hydrogens (tertiary/aromatic N) is 2. The van der Waals surface area contributed by atoms with Crippen LogP contribution in [0.3, 0.4) is 0 Å². The molecule has 1 saturated heterocycles. The summed E-state index contributed by atoms with van der Waals surface area (Å²) in [5.41, 5.74) is 0. The highest BCUT2D eigenvalue weighted by molar-refractivity contribution is 7.11. The fourth-order valence-electron chi connectivity index (χ4n) is 2.26. The van der Waals surface area contributed by atoms with E-state index in [1.54, 1.807) is 11.3 Å². The van der Waals surface area contributed by atoms with E-state index in [0.29, 0.717) is 12.1 Å². The van der Waals surface area contributed by atoms with Crippen molar-refractivity contribution >= 4 is 11.3 Å². The predicted molar refractivity (Wildman–Crippen MR) is 73.9 cm³/mol. The van der Waals surface area contributed by atoms with Crippen molar-refractivity contribution in [3.05, 3.63) is 10.0 Å². The molecule has 5 heteroatoms. The molecule has 102 valence electrons. The number of ether oxygens (including phenoxy) is 1. The van der Waals surface area contributed by atoms with E-state index >= 15 is 0 Å². The molecule has 0 spiro atoms. The summed E-state index contributed by atoms with van der Waals surface area (Å²) in [5.74, 6) is 0. The lowest BCUT2D eigenvalue weighted by Crippen LogP contribution is -2.19. The van der Waals surface area contributed by atoms with Crippen molar-refractivity contribution in [2.24, 2.45) is 0 Å². The third-order valence-electron chi connectivity index (χ3n) is 3.32. The molecule has 1 aliphatic rings. The van der Waals surface area contributed by atoms with Crippen LogP contribution >= 0.6 is 11.3 Å². The summed E-state index contributed by atoms with van der Waals surface area (Å²) in [4.78, 5) is 0. The third kappa shape index (κ3) is 4.00. The average Bonchev–Trinajstić information content (AvgIpc) is 2.87. The molecule has 18 heavy (non-hydrogen) atoms. The van der Waals surface area contributed by atoms with E-state index < -0.39 is 0 Å². The van der Waals surface area contributed by atoms with E-state index in [0.717, 1.165) is 36.0 Å². The van der Waals surface area contributed by atoms with E-state index in [1.807, 2.05) is 0 Å². The summed E-state index contributed by atoms with van der Waals surface area (Å²) in [6, 6.07) is 0.312. The highest BCUT2D eigenvalue weighted by Crippen LogP contribution is 2.21. The van der Waals surface area contributed by atoms with Gasteiger partial charge in [0.2, 0.25) is 0 Å². The zero-order valence-electron chi connectivity index (χ0n) is 11.3. The third-order valence-corrected chi connectivity index (χ3v) is 4.48. The van der Waals surface area contributed by atoms with Crippen molar-refractivity contribution in [3.8, 4) is 0 Å². The second-order valence-corrected chi connectivity index (χ2v) is 5.93. The van der Waals surface area contributed by atoms with Crippen molar-refractivity contribution < 1.29 is 4.74 Å². The molecule has 2 atom stereocenters. The Labute approximate surface area is 113 Å². The van der Waals surface area contributed by atoms with E-state index in [9.17, 15) is 0 Å². The smallest absolute Gasteiger partial charge is 0.134 e. The van der Waals surface area contributed by atoms with Gasteiger partial charge in [0.1, 0.15) is 10.0 Å². The van der Waals surface area contributed by atoms with Gasteiger partial charge in [0.05, 0.1) is 12.1 Å². The van der Waals surface area contributed by atoms with Gasteiger partial charge in [-0.3, -0.25) is 0 Å². The molecule has 0 aliphatic carbocycles. The molecule has 1 aromatic rings. The number of rotatable bonds is 6. The second-order valence-electron chi connectivity index (χ2n) is 4.84. The molecule has 1 aliphatic heterocycles. The van der Waals surface area contributed by atoms with Crippen molar-refractivity contribution in [3.63, 3.8) is 0 Å². The van der Waals surface area contributed by atoms with Gasteiger partial charge in [-0.15, -0.1) is 10.2 Å². The van der Waals surface area contributed by atoms with Crippen LogP contribution in [-0.2, 0) is 11.2 Å². The van der Waals surface area contributed by atoms with Gasteiger partial charge in [-0.05, 0) is 39.2 Å². The van der Waals surface area contributed by atoms with Crippen LogP contribution in [-0.4, -0.2) is 29.5 Å². The molecule has 2 heterocycles. The Kier molecular flexibility index (Phi) is 5.53. The maximum absolute atomic E-state index is 5.74. The van der Waals surface area contributed by atoms with Crippen molar-refractivity contribution in [2.75, 3.05) is 13.2 Å². The van der Waals surface area contributed by atoms with Crippen molar-refractivity contribution in [1.82, 2.24) is 15.5 Å². The topological polar surface area (TPSA) is 47.0 Å². The lowest BCUT2D eigenvalue weighted by molar-refractivity contribution is 0.0115. The molecule has 1 N–H and O–H groups in total. The molecule has 0 bridgehead atoms. The van der Waals surface area contributed by atoms with Crippen LogP contribution < -0.4 is 5.32 Å². The van der Waals surface area contributed by atoms with Crippen LogP contribution in [0.4, 0.5) is 0 Å². The molecule has 2 rings (SSSR count). The standard InChI is InChI=1S/C13H23N3OS/c1-3-14-10(2)13-16-15-12(18-13)8-7-11-6-4-5-9-17-11/h10-11,14H,3-9H2,1-2H3. The van der Waals surface area contributed by atoms with Crippen LogP contribution in [0.2, 0.25) is 0 Å². The monoisotopic (exact) mass is 269 g/mol. The summed E-state index contributed by atoms with van der Waals surface area (Å²) < 4.78 is 5.74. The SMILES string of the molecule is CCNC(C)c1nnc(CCC2CCCCO2)s1. The normalized spacial score (nSPS) is 22.0. The molecule has 0 aromatic carbocycles. The second kappa shape index (κ2) is 7.16. The van der Waals surface area contributed by atoms with Gasteiger partial charge in [0.25, 0.3) is 0 Å². The van der Waals surface area contributed by atoms with Gasteiger partial charge >= 0.3 is 0 Å². The van der Waals surface area contributed by atoms with Crippen LogP contribution in [0.1, 0.15) is 55.6 Å². The Balaban J connectivity index is 1.79. The number of aromatic nitrogens is 2. The lowest BCUT2D eigenvalue weighted by atomic mass is 10.1. The average molecular weight is 269 g/mol. The molecule has 0 saturated carbocycles. The Morgan fingerprint density at radius 2 is 2.33 bits per heavy atom. The zero-order chi connectivity index (χ0) is 12.8. The van der Waals surface area contributed by atoms with Crippen LogP contribution in [0, 0.1) is 0 Å². The van der Waals surface area contributed by atoms with E-state index in [-0.39, 0.29) is 0 Å². The van der Waals surface area contributed by atoms with Gasteiger partial charge in [-0.2, -0.15) is 0 Å². The summed E-state index contributed by atoms with van der Waals surface area (Å²) in [6.07, 6.45) is 6.27. The molecule has 0 radical (unpaired) electrons. The first-order chi connectivity index (χ1) is 8.79. The van der Waals surface area contributed by atoms with E-state index in [2.05, 4.69) is 29.4 Å². The molecule has 2 unspecified atom stereocenters. The fourth-order valence-corrected chi connectivity index (χ4v) is 3.14. The Hall–Kier alpha value is -0.520. The maximum atomic E-state index is 5.74. The molecular weight excluding hydrogens is 246 g/mol. The Morgan fingerprint density at radius 3 is 3.06 bits per heavy atom. The van der Waals surface area contributed by atoms with Gasteiger partial charge < -0.3 is 10.1 Å².